The fourth-order valence-electron chi connectivity index (χ4n) is 1.83. The lowest BCUT2D eigenvalue weighted by Crippen LogP contribution is -2.14. The molecular weight excluding hydrogens is 306 g/mol. The molecule has 1 unspecified atom stereocenters. The van der Waals surface area contributed by atoms with Gasteiger partial charge in [-0.05, 0) is 44.5 Å². The Morgan fingerprint density at radius 1 is 1.42 bits per heavy atom. The summed E-state index contributed by atoms with van der Waals surface area (Å²) in [6, 6.07) is 7.49. The topological polar surface area (TPSA) is 39.2 Å². The van der Waals surface area contributed by atoms with Crippen molar-refractivity contribution >= 4 is 32.8 Å². The molecule has 0 aliphatic heterocycles. The molecule has 0 bridgehead atoms. The molecular formula is C15H16BrNO2. The molecule has 1 atom stereocenters. The van der Waals surface area contributed by atoms with Crippen molar-refractivity contribution in [3.8, 4) is 0 Å². The number of hydrogen-bond donors (Lipinski definition) is 0. The minimum Gasteiger partial charge on any atom is -0.459 e. The second-order valence-corrected chi connectivity index (χ2v) is 5.51. The van der Waals surface area contributed by atoms with Crippen LogP contribution in [-0.4, -0.2) is 17.1 Å². The van der Waals surface area contributed by atoms with Gasteiger partial charge in [0.05, 0.1) is 17.2 Å². The number of ether oxygens (including phenoxy) is 1. The number of hydrogen-bond acceptors (Lipinski definition) is 3. The lowest BCUT2D eigenvalue weighted by molar-refractivity contribution is 0.0336. The van der Waals surface area contributed by atoms with E-state index in [0.29, 0.717) is 5.56 Å². The van der Waals surface area contributed by atoms with Crippen LogP contribution < -0.4 is 0 Å². The fourth-order valence-corrected chi connectivity index (χ4v) is 2.19. The molecule has 0 N–H and O–H groups in total. The molecule has 3 nitrogen and oxygen atoms in total. The van der Waals surface area contributed by atoms with Crippen LogP contribution in [0.3, 0.4) is 0 Å². The number of nitrogens with zero attached hydrogens (tertiary/aromatic N) is 1. The maximum absolute atomic E-state index is 12.2. The zero-order valence-electron chi connectivity index (χ0n) is 11.2. The zero-order chi connectivity index (χ0) is 14.0. The maximum atomic E-state index is 12.2. The Balaban J connectivity index is 2.52. The van der Waals surface area contributed by atoms with Gasteiger partial charge in [0, 0.05) is 15.6 Å². The van der Waals surface area contributed by atoms with Gasteiger partial charge in [-0.15, -0.1) is 0 Å². The van der Waals surface area contributed by atoms with E-state index in [0.717, 1.165) is 27.5 Å². The number of pyridine rings is 1. The molecule has 1 aromatic carbocycles. The highest BCUT2D eigenvalue weighted by molar-refractivity contribution is 9.10. The van der Waals surface area contributed by atoms with Gasteiger partial charge in [-0.1, -0.05) is 22.9 Å². The molecule has 0 amide bonds. The van der Waals surface area contributed by atoms with Crippen molar-refractivity contribution in [1.82, 2.24) is 4.98 Å². The van der Waals surface area contributed by atoms with Crippen LogP contribution in [0, 0.1) is 6.92 Å². The van der Waals surface area contributed by atoms with Gasteiger partial charge in [0.2, 0.25) is 0 Å². The third kappa shape index (κ3) is 3.13. The molecule has 1 heterocycles. The Labute approximate surface area is 121 Å². The van der Waals surface area contributed by atoms with Crippen molar-refractivity contribution in [3.63, 3.8) is 0 Å². The number of carbonyl (C=O) groups excluding carboxylic acids is 1. The number of aromatic nitrogens is 1. The molecule has 19 heavy (non-hydrogen) atoms. The van der Waals surface area contributed by atoms with Crippen LogP contribution in [-0.2, 0) is 4.74 Å². The highest BCUT2D eigenvalue weighted by Crippen LogP contribution is 2.23. The lowest BCUT2D eigenvalue weighted by Gasteiger charge is -2.12. The average molecular weight is 322 g/mol. The number of benzene rings is 1. The van der Waals surface area contributed by atoms with Crippen LogP contribution in [0.15, 0.2) is 28.7 Å². The summed E-state index contributed by atoms with van der Waals surface area (Å²) in [7, 11) is 0. The molecule has 0 aliphatic rings. The Bertz CT molecular complexity index is 625. The molecule has 2 rings (SSSR count). The second kappa shape index (κ2) is 5.70. The normalized spacial score (nSPS) is 12.4. The van der Waals surface area contributed by atoms with Gasteiger partial charge in [0.1, 0.15) is 0 Å². The van der Waals surface area contributed by atoms with Crippen molar-refractivity contribution in [3.05, 3.63) is 40.0 Å². The van der Waals surface area contributed by atoms with E-state index >= 15 is 0 Å². The minimum atomic E-state index is -0.289. The summed E-state index contributed by atoms with van der Waals surface area (Å²) >= 11 is 3.42. The second-order valence-electron chi connectivity index (χ2n) is 4.60. The Hall–Kier alpha value is -1.42. The zero-order valence-corrected chi connectivity index (χ0v) is 12.8. The van der Waals surface area contributed by atoms with Crippen molar-refractivity contribution in [2.24, 2.45) is 0 Å². The highest BCUT2D eigenvalue weighted by atomic mass is 79.9. The third-order valence-corrected chi connectivity index (χ3v) is 3.50. The molecule has 0 radical (unpaired) electrons. The average Bonchev–Trinajstić information content (AvgIpc) is 2.38. The van der Waals surface area contributed by atoms with Gasteiger partial charge >= 0.3 is 5.97 Å². The number of carbonyl (C=O) groups is 1. The van der Waals surface area contributed by atoms with E-state index in [4.69, 9.17) is 4.74 Å². The largest absolute Gasteiger partial charge is 0.459 e. The number of fused-ring (bicyclic) bond motifs is 1. The highest BCUT2D eigenvalue weighted by Gasteiger charge is 2.15. The van der Waals surface area contributed by atoms with Crippen LogP contribution in [0.25, 0.3) is 10.9 Å². The SMILES string of the molecule is CCC(C)OC(=O)c1cc(C)nc2ccc(Br)cc12. The third-order valence-electron chi connectivity index (χ3n) is 3.00. The Morgan fingerprint density at radius 2 is 2.16 bits per heavy atom. The molecule has 1 aromatic heterocycles. The number of esters is 1. The summed E-state index contributed by atoms with van der Waals surface area (Å²) in [6.07, 6.45) is 0.723. The first-order valence-corrected chi connectivity index (χ1v) is 7.08. The monoisotopic (exact) mass is 321 g/mol. The molecule has 0 spiro atoms. The van der Waals surface area contributed by atoms with E-state index in [-0.39, 0.29) is 12.1 Å². The van der Waals surface area contributed by atoms with Crippen molar-refractivity contribution < 1.29 is 9.53 Å². The first kappa shape index (κ1) is 14.0. The van der Waals surface area contributed by atoms with Gasteiger partial charge in [0.15, 0.2) is 0 Å². The van der Waals surface area contributed by atoms with Gasteiger partial charge < -0.3 is 4.74 Å². The van der Waals surface area contributed by atoms with Crippen LogP contribution >= 0.6 is 15.9 Å². The summed E-state index contributed by atoms with van der Waals surface area (Å²) in [4.78, 5) is 16.7. The van der Waals surface area contributed by atoms with Gasteiger partial charge in [0.25, 0.3) is 0 Å². The number of rotatable bonds is 3. The summed E-state index contributed by atoms with van der Waals surface area (Å²) in [5.74, 6) is -0.289. The molecule has 4 heteroatoms. The predicted octanol–water partition coefficient (Wildman–Crippen LogP) is 4.26. The molecule has 100 valence electrons. The number of aryl methyl sites for hydroxylation is 1. The first-order chi connectivity index (χ1) is 9.01. The van der Waals surface area contributed by atoms with Crippen molar-refractivity contribution in [2.45, 2.75) is 33.3 Å². The van der Waals surface area contributed by atoms with Crippen molar-refractivity contribution in [1.29, 1.82) is 0 Å². The van der Waals surface area contributed by atoms with Crippen LogP contribution in [0.5, 0.6) is 0 Å². The molecule has 0 aliphatic carbocycles. The van der Waals surface area contributed by atoms with Gasteiger partial charge in [-0.25, -0.2) is 4.79 Å². The maximum Gasteiger partial charge on any atom is 0.339 e. The van der Waals surface area contributed by atoms with Crippen LogP contribution in [0.2, 0.25) is 0 Å². The van der Waals surface area contributed by atoms with E-state index < -0.39 is 0 Å². The van der Waals surface area contributed by atoms with E-state index in [9.17, 15) is 4.79 Å². The molecule has 0 saturated carbocycles. The summed E-state index contributed by atoms with van der Waals surface area (Å²) in [5.41, 5.74) is 2.19. The first-order valence-electron chi connectivity index (χ1n) is 6.29. The Kier molecular flexibility index (Phi) is 4.20. The minimum absolute atomic E-state index is 0.0804. The standard InChI is InChI=1S/C15H16BrNO2/c1-4-10(3)19-15(18)13-7-9(2)17-14-6-5-11(16)8-12(13)14/h5-8,10H,4H2,1-3H3. The van der Waals surface area contributed by atoms with E-state index in [1.54, 1.807) is 6.07 Å². The fraction of sp³-hybridized carbons (Fsp3) is 0.333. The lowest BCUT2D eigenvalue weighted by atomic mass is 10.1. The van der Waals surface area contributed by atoms with Crippen LogP contribution in [0.1, 0.15) is 36.3 Å². The van der Waals surface area contributed by atoms with E-state index in [1.165, 1.54) is 0 Å². The molecule has 2 aromatic rings. The van der Waals surface area contributed by atoms with Crippen LogP contribution in [0.4, 0.5) is 0 Å². The van der Waals surface area contributed by atoms with E-state index in [2.05, 4.69) is 20.9 Å². The predicted molar refractivity (Wildman–Crippen MR) is 79.3 cm³/mol. The number of halogens is 1. The van der Waals surface area contributed by atoms with E-state index in [1.807, 2.05) is 39.0 Å². The summed E-state index contributed by atoms with van der Waals surface area (Å²) in [5, 5.41) is 0.813. The summed E-state index contributed by atoms with van der Waals surface area (Å²) in [6.45, 7) is 5.76. The molecule has 0 saturated heterocycles. The smallest absolute Gasteiger partial charge is 0.339 e. The summed E-state index contributed by atoms with van der Waals surface area (Å²) < 4.78 is 6.33. The van der Waals surface area contributed by atoms with Crippen molar-refractivity contribution in [2.75, 3.05) is 0 Å². The Morgan fingerprint density at radius 3 is 2.84 bits per heavy atom. The van der Waals surface area contributed by atoms with Gasteiger partial charge in [-0.2, -0.15) is 0 Å². The molecule has 0 fully saturated rings. The quantitative estimate of drug-likeness (QED) is 0.793. The van der Waals surface area contributed by atoms with Gasteiger partial charge in [-0.3, -0.25) is 4.98 Å².